The molecule has 0 saturated heterocycles. The normalized spacial score (nSPS) is 12.1. The summed E-state index contributed by atoms with van der Waals surface area (Å²) in [6, 6.07) is 15.4. The Morgan fingerprint density at radius 3 is 2.74 bits per heavy atom. The second kappa shape index (κ2) is 12.2. The maximum atomic E-state index is 13.6. The number of nitrogens with zero attached hydrogens (tertiary/aromatic N) is 3. The monoisotopic (exact) mass is 577 g/mol. The number of hydrogen-bond donors (Lipinski definition) is 0. The number of methoxy groups -OCH3 is 1. The number of hydrogen-bond acceptors (Lipinski definition) is 5. The van der Waals surface area contributed by atoms with Gasteiger partial charge in [-0.25, -0.2) is 9.37 Å². The molecule has 1 atom stereocenters. The molecule has 0 unspecified atom stereocenters. The highest BCUT2D eigenvalue weighted by molar-refractivity contribution is 9.10. The zero-order valence-electron chi connectivity index (χ0n) is 21.6. The number of aromatic nitrogens is 2. The van der Waals surface area contributed by atoms with Crippen LogP contribution < -0.4 is 15.0 Å². The van der Waals surface area contributed by atoms with Gasteiger partial charge < -0.3 is 9.47 Å². The fourth-order valence-corrected chi connectivity index (χ4v) is 4.43. The molecular weight excluding hydrogens is 549 g/mol. The lowest BCUT2D eigenvalue weighted by Gasteiger charge is -2.16. The Hall–Kier alpha value is -3.78. The molecule has 0 spiro atoms. The molecule has 0 fully saturated rings. The van der Waals surface area contributed by atoms with Crippen molar-refractivity contribution in [1.82, 2.24) is 9.66 Å². The van der Waals surface area contributed by atoms with Gasteiger partial charge in [0, 0.05) is 16.0 Å². The van der Waals surface area contributed by atoms with Crippen LogP contribution in [0.3, 0.4) is 0 Å². The van der Waals surface area contributed by atoms with E-state index in [1.54, 1.807) is 43.7 Å². The third kappa shape index (κ3) is 6.02. The lowest BCUT2D eigenvalue weighted by Crippen LogP contribution is -2.23. The van der Waals surface area contributed by atoms with Gasteiger partial charge in [-0.2, -0.15) is 9.78 Å². The molecule has 38 heavy (non-hydrogen) atoms. The average Bonchev–Trinajstić information content (AvgIpc) is 2.91. The highest BCUT2D eigenvalue weighted by atomic mass is 79.9. The highest BCUT2D eigenvalue weighted by Crippen LogP contribution is 2.34. The second-order valence-electron chi connectivity index (χ2n) is 8.93. The van der Waals surface area contributed by atoms with Crippen LogP contribution in [0.25, 0.3) is 10.9 Å². The maximum absolute atomic E-state index is 13.6. The first kappa shape index (κ1) is 27.3. The van der Waals surface area contributed by atoms with Crippen molar-refractivity contribution < 1.29 is 13.9 Å². The van der Waals surface area contributed by atoms with Gasteiger partial charge in [-0.15, -0.1) is 6.58 Å². The summed E-state index contributed by atoms with van der Waals surface area (Å²) in [4.78, 5) is 18.2. The van der Waals surface area contributed by atoms with Crippen molar-refractivity contribution in [3.05, 3.63) is 110 Å². The number of ether oxygens (including phenoxy) is 2. The molecule has 1 aromatic heterocycles. The smallest absolute Gasteiger partial charge is 0.282 e. The largest absolute Gasteiger partial charge is 0.493 e. The van der Waals surface area contributed by atoms with Crippen LogP contribution in [0.4, 0.5) is 4.39 Å². The SMILES string of the molecule is C=CCc1cc(C=Nn2c([C@H](C)CC)nc3ccc(Br)cc3c2=O)cc(OC)c1OCc1cccc(F)c1. The second-order valence-corrected chi connectivity index (χ2v) is 9.84. The summed E-state index contributed by atoms with van der Waals surface area (Å²) in [6.07, 6.45) is 4.70. The van der Waals surface area contributed by atoms with E-state index in [4.69, 9.17) is 14.5 Å². The molecule has 4 rings (SSSR count). The van der Waals surface area contributed by atoms with Gasteiger partial charge in [0.15, 0.2) is 11.5 Å². The molecule has 0 aliphatic carbocycles. The number of benzene rings is 3. The van der Waals surface area contributed by atoms with Gasteiger partial charge in [-0.05, 0) is 66.4 Å². The van der Waals surface area contributed by atoms with E-state index in [-0.39, 0.29) is 23.9 Å². The molecule has 3 aromatic carbocycles. The number of halogens is 2. The van der Waals surface area contributed by atoms with Crippen LogP contribution in [-0.4, -0.2) is 23.0 Å². The Morgan fingerprint density at radius 1 is 1.21 bits per heavy atom. The first-order valence-corrected chi connectivity index (χ1v) is 13.1. The van der Waals surface area contributed by atoms with Crippen molar-refractivity contribution in [2.45, 2.75) is 39.2 Å². The molecule has 0 amide bonds. The Morgan fingerprint density at radius 2 is 2.03 bits per heavy atom. The predicted octanol–water partition coefficient (Wildman–Crippen LogP) is 7.01. The molecule has 0 radical (unpaired) electrons. The van der Waals surface area contributed by atoms with Gasteiger partial charge in [-0.1, -0.05) is 48.0 Å². The van der Waals surface area contributed by atoms with Crippen LogP contribution in [0.2, 0.25) is 0 Å². The van der Waals surface area contributed by atoms with Gasteiger partial charge in [0.05, 0.1) is 24.2 Å². The molecule has 4 aromatic rings. The Bertz CT molecular complexity index is 1560. The topological polar surface area (TPSA) is 65.7 Å². The van der Waals surface area contributed by atoms with E-state index < -0.39 is 0 Å². The summed E-state index contributed by atoms with van der Waals surface area (Å²) in [5.74, 6) is 1.34. The molecule has 6 nitrogen and oxygen atoms in total. The van der Waals surface area contributed by atoms with E-state index in [1.165, 1.54) is 16.8 Å². The molecule has 0 bridgehead atoms. The van der Waals surface area contributed by atoms with Crippen molar-refractivity contribution in [3.63, 3.8) is 0 Å². The highest BCUT2D eigenvalue weighted by Gasteiger charge is 2.17. The summed E-state index contributed by atoms with van der Waals surface area (Å²) in [5, 5.41) is 5.05. The van der Waals surface area contributed by atoms with Crippen LogP contribution in [0.5, 0.6) is 11.5 Å². The van der Waals surface area contributed by atoms with Crippen LogP contribution in [0.15, 0.2) is 81.6 Å². The minimum Gasteiger partial charge on any atom is -0.493 e. The summed E-state index contributed by atoms with van der Waals surface area (Å²) in [6.45, 7) is 8.10. The van der Waals surface area contributed by atoms with E-state index in [9.17, 15) is 9.18 Å². The summed E-state index contributed by atoms with van der Waals surface area (Å²) < 4.78 is 27.5. The van der Waals surface area contributed by atoms with E-state index in [0.29, 0.717) is 45.8 Å². The standard InChI is InChI=1S/C30H29BrFN3O3/c1-5-8-22-13-21(15-27(37-4)28(22)38-18-20-9-7-10-24(32)14-20)17-33-35-29(19(3)6-2)34-26-12-11-23(31)16-25(26)30(35)36/h5,7,9-17,19H,1,6,8,18H2,2-4H3/t19-/m1/s1. The molecular formula is C30H29BrFN3O3. The maximum Gasteiger partial charge on any atom is 0.282 e. The van der Waals surface area contributed by atoms with Crippen molar-refractivity contribution in [3.8, 4) is 11.5 Å². The molecule has 0 N–H and O–H groups in total. The number of allylic oxidation sites excluding steroid dienone is 1. The quantitative estimate of drug-likeness (QED) is 0.150. The first-order valence-electron chi connectivity index (χ1n) is 12.3. The minimum atomic E-state index is -0.321. The third-order valence-electron chi connectivity index (χ3n) is 6.22. The van der Waals surface area contributed by atoms with Crippen LogP contribution in [-0.2, 0) is 13.0 Å². The van der Waals surface area contributed by atoms with Gasteiger partial charge in [0.1, 0.15) is 18.2 Å². The van der Waals surface area contributed by atoms with Crippen molar-refractivity contribution in [2.75, 3.05) is 7.11 Å². The van der Waals surface area contributed by atoms with Gasteiger partial charge in [-0.3, -0.25) is 4.79 Å². The number of fused-ring (bicyclic) bond motifs is 1. The number of rotatable bonds is 10. The van der Waals surface area contributed by atoms with E-state index in [2.05, 4.69) is 27.6 Å². The van der Waals surface area contributed by atoms with Crippen LogP contribution in [0.1, 0.15) is 48.7 Å². The van der Waals surface area contributed by atoms with E-state index in [1.807, 2.05) is 32.0 Å². The lowest BCUT2D eigenvalue weighted by atomic mass is 10.1. The summed E-state index contributed by atoms with van der Waals surface area (Å²) >= 11 is 3.44. The van der Waals surface area contributed by atoms with Gasteiger partial charge in [0.25, 0.3) is 5.56 Å². The fraction of sp³-hybridized carbons (Fsp3) is 0.233. The first-order chi connectivity index (χ1) is 18.3. The molecule has 0 saturated carbocycles. The lowest BCUT2D eigenvalue weighted by molar-refractivity contribution is 0.281. The molecule has 8 heteroatoms. The van der Waals surface area contributed by atoms with Crippen molar-refractivity contribution in [2.24, 2.45) is 5.10 Å². The fourth-order valence-electron chi connectivity index (χ4n) is 4.07. The van der Waals surface area contributed by atoms with Gasteiger partial charge >= 0.3 is 0 Å². The Kier molecular flexibility index (Phi) is 8.73. The molecule has 1 heterocycles. The molecule has 196 valence electrons. The summed E-state index contributed by atoms with van der Waals surface area (Å²) in [5.41, 5.74) is 2.64. The third-order valence-corrected chi connectivity index (χ3v) is 6.71. The Balaban J connectivity index is 1.75. The van der Waals surface area contributed by atoms with Crippen LogP contribution in [0, 0.1) is 5.82 Å². The van der Waals surface area contributed by atoms with Crippen molar-refractivity contribution >= 4 is 33.0 Å². The minimum absolute atomic E-state index is 0.0253. The molecule has 0 aliphatic rings. The van der Waals surface area contributed by atoms with Gasteiger partial charge in [0.2, 0.25) is 0 Å². The summed E-state index contributed by atoms with van der Waals surface area (Å²) in [7, 11) is 1.56. The Labute approximate surface area is 229 Å². The molecule has 0 aliphatic heterocycles. The van der Waals surface area contributed by atoms with Crippen molar-refractivity contribution in [1.29, 1.82) is 0 Å². The zero-order valence-corrected chi connectivity index (χ0v) is 23.2. The van der Waals surface area contributed by atoms with E-state index >= 15 is 0 Å². The average molecular weight is 578 g/mol. The van der Waals surface area contributed by atoms with E-state index in [0.717, 1.165) is 16.5 Å². The zero-order chi connectivity index (χ0) is 27.2. The predicted molar refractivity (Wildman–Crippen MR) is 153 cm³/mol. The van der Waals surface area contributed by atoms with Crippen LogP contribution >= 0.6 is 15.9 Å².